The fourth-order valence-electron chi connectivity index (χ4n) is 7.90. The number of fused-ring (bicyclic) bond motifs is 4. The highest BCUT2D eigenvalue weighted by Crippen LogP contribution is 2.64. The van der Waals surface area contributed by atoms with E-state index in [9.17, 15) is 47.5 Å². The van der Waals surface area contributed by atoms with Gasteiger partial charge in [-0.25, -0.2) is 26.9 Å². The molecule has 2 aliphatic heterocycles. The first-order valence-electron chi connectivity index (χ1n) is 15.9. The average Bonchev–Trinajstić information content (AvgIpc) is 3.48. The molecule has 274 valence electrons. The van der Waals surface area contributed by atoms with Gasteiger partial charge >= 0.3 is 7.12 Å². The van der Waals surface area contributed by atoms with Gasteiger partial charge in [-0.15, -0.1) is 23.2 Å². The number of methoxy groups -OCH3 is 1. The summed E-state index contributed by atoms with van der Waals surface area (Å²) in [5.74, 6) is -22.2. The molecule has 0 unspecified atom stereocenters. The van der Waals surface area contributed by atoms with Gasteiger partial charge < -0.3 is 19.9 Å². The first kappa shape index (κ1) is 36.6. The van der Waals surface area contributed by atoms with Gasteiger partial charge in [0.15, 0.2) is 44.5 Å². The van der Waals surface area contributed by atoms with Crippen molar-refractivity contribution in [2.75, 3.05) is 16.9 Å². The van der Waals surface area contributed by atoms with Gasteiger partial charge in [0.1, 0.15) is 5.69 Å². The van der Waals surface area contributed by atoms with Crippen LogP contribution in [0.5, 0.6) is 11.5 Å². The third kappa shape index (κ3) is 5.06. The Labute approximate surface area is 306 Å². The molecule has 3 aromatic carbocycles. The number of phenolic OH excluding ortho intramolecular Hbond substituents is 1. The summed E-state index contributed by atoms with van der Waals surface area (Å²) in [6.45, 7) is 0. The number of nitrogens with zero attached hydrogens (tertiary/aromatic N) is 2. The van der Waals surface area contributed by atoms with E-state index in [1.165, 1.54) is 67.8 Å². The zero-order valence-electron chi connectivity index (χ0n) is 27.0. The number of halogens is 7. The summed E-state index contributed by atoms with van der Waals surface area (Å²) >= 11 is 14.2. The van der Waals surface area contributed by atoms with Gasteiger partial charge in [-0.05, 0) is 54.1 Å². The first-order valence-corrected chi connectivity index (χ1v) is 16.6. The summed E-state index contributed by atoms with van der Waals surface area (Å²) in [4.78, 5) is 51.8. The van der Waals surface area contributed by atoms with Crippen molar-refractivity contribution in [3.8, 4) is 11.5 Å². The Morgan fingerprint density at radius 1 is 0.868 bits per heavy atom. The van der Waals surface area contributed by atoms with Gasteiger partial charge in [-0.3, -0.25) is 24.1 Å². The Morgan fingerprint density at radius 3 is 2.17 bits per heavy atom. The number of ether oxygens (including phenoxy) is 1. The van der Waals surface area contributed by atoms with E-state index in [1.54, 1.807) is 0 Å². The highest BCUT2D eigenvalue weighted by atomic mass is 35.5. The molecule has 10 nitrogen and oxygen atoms in total. The fourth-order valence-corrected chi connectivity index (χ4v) is 8.79. The van der Waals surface area contributed by atoms with Crippen LogP contribution in [-0.2, 0) is 19.2 Å². The van der Waals surface area contributed by atoms with E-state index in [2.05, 4.69) is 0 Å². The third-order valence-electron chi connectivity index (χ3n) is 10.4. The van der Waals surface area contributed by atoms with Crippen molar-refractivity contribution < 1.29 is 61.0 Å². The molecule has 2 aliphatic carbocycles. The van der Waals surface area contributed by atoms with Crippen LogP contribution >= 0.6 is 23.2 Å². The number of phenols is 1. The van der Waals surface area contributed by atoms with Crippen molar-refractivity contribution >= 4 is 76.9 Å². The monoisotopic (exact) mass is 776 g/mol. The van der Waals surface area contributed by atoms with Crippen molar-refractivity contribution in [3.05, 3.63) is 94.8 Å². The number of anilines is 2. The molecule has 3 aromatic rings. The summed E-state index contributed by atoms with van der Waals surface area (Å²) in [6, 6.07) is 9.46. The standard InChI is InChI=1S/C35H24BCl2F5N2O8/c1-53-22-11-14(6-10-21(22)46)5-9-20-17-7-8-18-23(31(48)44(30(18)47)16-4-2-3-15(12-16)36(51)52)19(17)13-34(37)32(49)45(33(50)35(20,34)38)29-27(42)25(40)24(39)26(41)28(29)43/h2-7,9-12,18-20,23,46,51-52H,8,13H2,1H3/t18-,19+,20-,23-,34+,35-/m0/s1. The highest BCUT2D eigenvalue weighted by molar-refractivity contribution is 6.59. The lowest BCUT2D eigenvalue weighted by molar-refractivity contribution is -0.125. The lowest BCUT2D eigenvalue weighted by Gasteiger charge is -2.49. The molecule has 0 bridgehead atoms. The number of hydrogen-bond acceptors (Lipinski definition) is 8. The van der Waals surface area contributed by atoms with Crippen molar-refractivity contribution in [3.63, 3.8) is 0 Å². The summed E-state index contributed by atoms with van der Waals surface area (Å²) < 4.78 is 78.5. The largest absolute Gasteiger partial charge is 0.504 e. The zero-order chi connectivity index (χ0) is 38.5. The molecule has 7 rings (SSSR count). The second-order valence-electron chi connectivity index (χ2n) is 13.0. The van der Waals surface area contributed by atoms with Gasteiger partial charge in [-0.1, -0.05) is 42.0 Å². The second kappa shape index (κ2) is 12.7. The number of imide groups is 2. The maximum absolute atomic E-state index is 15.2. The highest BCUT2D eigenvalue weighted by Gasteiger charge is 2.76. The van der Waals surface area contributed by atoms with E-state index >= 15 is 8.78 Å². The number of carbonyl (C=O) groups excluding carboxylic acids is 4. The number of amides is 4. The molecular weight excluding hydrogens is 753 g/mol. The number of allylic oxidation sites excluding steroid dienone is 3. The average molecular weight is 777 g/mol. The molecule has 3 N–H and O–H groups in total. The van der Waals surface area contributed by atoms with Crippen molar-refractivity contribution in [2.24, 2.45) is 23.7 Å². The molecule has 4 amide bonds. The number of carbonyl (C=O) groups is 4. The Balaban J connectivity index is 1.39. The predicted molar refractivity (Wildman–Crippen MR) is 180 cm³/mol. The number of hydrogen-bond donors (Lipinski definition) is 3. The van der Waals surface area contributed by atoms with Gasteiger partial charge in [0, 0.05) is 5.92 Å². The maximum atomic E-state index is 15.2. The fraction of sp³-hybridized carbons (Fsp3) is 0.257. The molecule has 1 saturated carbocycles. The Morgan fingerprint density at radius 2 is 1.53 bits per heavy atom. The van der Waals surface area contributed by atoms with Crippen LogP contribution in [0.4, 0.5) is 33.3 Å². The summed E-state index contributed by atoms with van der Waals surface area (Å²) in [6.07, 6.45) is 3.44. The summed E-state index contributed by atoms with van der Waals surface area (Å²) in [7, 11) is -0.646. The zero-order valence-corrected chi connectivity index (χ0v) is 28.5. The van der Waals surface area contributed by atoms with Crippen LogP contribution in [0.2, 0.25) is 0 Å². The first-order chi connectivity index (χ1) is 25.0. The second-order valence-corrected chi connectivity index (χ2v) is 14.2. The molecule has 53 heavy (non-hydrogen) atoms. The van der Waals surface area contributed by atoms with Gasteiger partial charge in [0.25, 0.3) is 11.8 Å². The lowest BCUT2D eigenvalue weighted by Crippen LogP contribution is -2.60. The van der Waals surface area contributed by atoms with E-state index in [4.69, 9.17) is 27.9 Å². The van der Waals surface area contributed by atoms with Crippen LogP contribution in [0.25, 0.3) is 6.08 Å². The molecule has 2 saturated heterocycles. The third-order valence-corrected chi connectivity index (χ3v) is 11.8. The van der Waals surface area contributed by atoms with Crippen LogP contribution < -0.4 is 20.0 Å². The number of aromatic hydroxyl groups is 1. The number of rotatable bonds is 6. The summed E-state index contributed by atoms with van der Waals surface area (Å²) in [5.41, 5.74) is -1.35. The van der Waals surface area contributed by atoms with E-state index < -0.39 is 105 Å². The van der Waals surface area contributed by atoms with E-state index in [1.807, 2.05) is 0 Å². The van der Waals surface area contributed by atoms with E-state index in [0.717, 1.165) is 4.90 Å². The predicted octanol–water partition coefficient (Wildman–Crippen LogP) is 4.09. The lowest BCUT2D eigenvalue weighted by atomic mass is 9.57. The van der Waals surface area contributed by atoms with Crippen molar-refractivity contribution in [2.45, 2.75) is 22.6 Å². The van der Waals surface area contributed by atoms with E-state index in [0.29, 0.717) is 5.56 Å². The van der Waals surface area contributed by atoms with Crippen molar-refractivity contribution in [1.29, 1.82) is 0 Å². The van der Waals surface area contributed by atoms with Crippen molar-refractivity contribution in [1.82, 2.24) is 0 Å². The summed E-state index contributed by atoms with van der Waals surface area (Å²) in [5, 5.41) is 29.5. The van der Waals surface area contributed by atoms with Crippen LogP contribution in [0.3, 0.4) is 0 Å². The molecule has 18 heteroatoms. The van der Waals surface area contributed by atoms with Crippen LogP contribution in [0.1, 0.15) is 18.4 Å². The quantitative estimate of drug-likeness (QED) is 0.0647. The maximum Gasteiger partial charge on any atom is 0.488 e. The smallest absolute Gasteiger partial charge is 0.488 e. The molecule has 0 spiro atoms. The molecule has 0 radical (unpaired) electrons. The topological polar surface area (TPSA) is 145 Å². The van der Waals surface area contributed by atoms with Gasteiger partial charge in [0.2, 0.25) is 17.6 Å². The molecular formula is C35H24BCl2F5N2O8. The van der Waals surface area contributed by atoms with Crippen LogP contribution in [0, 0.1) is 52.8 Å². The minimum atomic E-state index is -2.70. The molecule has 0 aromatic heterocycles. The van der Waals surface area contributed by atoms with Gasteiger partial charge in [0.05, 0.1) is 24.6 Å². The molecule has 4 aliphatic rings. The van der Waals surface area contributed by atoms with Crippen LogP contribution in [0.15, 0.2) is 60.2 Å². The SMILES string of the molecule is COc1cc(C=C[C@H]2C3=CC[C@@H]4C(=O)N(c5cccc(B(O)O)c5)C(=O)[C@@H]4[C@@H]3C[C@@]3(Cl)C(=O)N(c4c(F)c(F)c(F)c(F)c4F)C(=O)[C@@]23Cl)ccc1O. The normalized spacial score (nSPS) is 28.0. The Bertz CT molecular complexity index is 2200. The van der Waals surface area contributed by atoms with Gasteiger partial charge in [-0.2, -0.15) is 0 Å². The molecule has 6 atom stereocenters. The Hall–Kier alpha value is -4.77. The Kier molecular flexibility index (Phi) is 8.75. The minimum Gasteiger partial charge on any atom is -0.504 e. The molecule has 2 heterocycles. The van der Waals surface area contributed by atoms with Crippen LogP contribution in [-0.4, -0.2) is 62.8 Å². The number of alkyl halides is 2. The molecule has 3 fully saturated rings. The minimum absolute atomic E-state index is 0.00645. The van der Waals surface area contributed by atoms with E-state index in [-0.39, 0.29) is 39.5 Å². The number of benzene rings is 3.